The molecule has 0 aliphatic carbocycles. The van der Waals surface area contributed by atoms with Crippen molar-refractivity contribution in [3.63, 3.8) is 0 Å². The summed E-state index contributed by atoms with van der Waals surface area (Å²) >= 11 is 0. The number of benzene rings is 3. The lowest BCUT2D eigenvalue weighted by atomic mass is 9.93. The molecule has 3 aromatic carbocycles. The first-order chi connectivity index (χ1) is 15.9. The molecule has 1 heterocycles. The van der Waals surface area contributed by atoms with Crippen molar-refractivity contribution in [3.05, 3.63) is 83.9 Å². The maximum atomic E-state index is 14.5. The molecular formula is C24H21F2N3O4. The van der Waals surface area contributed by atoms with E-state index in [9.17, 15) is 18.4 Å². The van der Waals surface area contributed by atoms with Crippen LogP contribution in [-0.2, 0) is 4.79 Å². The number of hydrogen-bond donors (Lipinski definition) is 3. The molecule has 2 unspecified atom stereocenters. The molecule has 4 rings (SSSR count). The Morgan fingerprint density at radius 1 is 0.970 bits per heavy atom. The quantitative estimate of drug-likeness (QED) is 0.523. The van der Waals surface area contributed by atoms with Crippen LogP contribution in [0.3, 0.4) is 0 Å². The Balaban J connectivity index is 1.42. The van der Waals surface area contributed by atoms with Gasteiger partial charge in [0, 0.05) is 35.8 Å². The van der Waals surface area contributed by atoms with Crippen LogP contribution in [0.15, 0.2) is 66.7 Å². The Morgan fingerprint density at radius 3 is 2.24 bits per heavy atom. The molecule has 0 spiro atoms. The van der Waals surface area contributed by atoms with Crippen molar-refractivity contribution in [3.8, 4) is 17.2 Å². The standard InChI is InChI=1S/C24H21F2N3O4/c1-32-17-11-19(25)21(20(26)12-17)18-13-27-23(30)22(18)29-24(31)28-14-7-9-16(10-8-14)33-15-5-3-2-4-6-15/h2-12,18,22H,13H2,1H3,(H,27,30)(H2,28,29,31). The zero-order valence-corrected chi connectivity index (χ0v) is 17.6. The topological polar surface area (TPSA) is 88.7 Å². The number of anilines is 1. The highest BCUT2D eigenvalue weighted by Gasteiger charge is 2.40. The summed E-state index contributed by atoms with van der Waals surface area (Å²) in [4.78, 5) is 24.8. The largest absolute Gasteiger partial charge is 0.497 e. The van der Waals surface area contributed by atoms with Crippen LogP contribution in [0.25, 0.3) is 0 Å². The molecule has 0 bridgehead atoms. The second kappa shape index (κ2) is 9.56. The molecule has 1 aliphatic rings. The van der Waals surface area contributed by atoms with Gasteiger partial charge in [0.2, 0.25) is 5.91 Å². The molecule has 33 heavy (non-hydrogen) atoms. The van der Waals surface area contributed by atoms with Crippen LogP contribution < -0.4 is 25.4 Å². The summed E-state index contributed by atoms with van der Waals surface area (Å²) in [6, 6.07) is 16.1. The Labute approximate surface area is 188 Å². The number of ether oxygens (including phenoxy) is 2. The average Bonchev–Trinajstić information content (AvgIpc) is 3.15. The van der Waals surface area contributed by atoms with Crippen molar-refractivity contribution >= 4 is 17.6 Å². The van der Waals surface area contributed by atoms with Crippen LogP contribution in [0.1, 0.15) is 11.5 Å². The van der Waals surface area contributed by atoms with E-state index in [1.807, 2.05) is 30.3 Å². The van der Waals surface area contributed by atoms with Gasteiger partial charge >= 0.3 is 6.03 Å². The predicted octanol–water partition coefficient (Wildman–Crippen LogP) is 4.17. The average molecular weight is 453 g/mol. The number of nitrogens with one attached hydrogen (secondary N) is 3. The third kappa shape index (κ3) is 5.03. The lowest BCUT2D eigenvalue weighted by Crippen LogP contribution is -2.45. The Kier molecular flexibility index (Phi) is 6.39. The number of para-hydroxylation sites is 1. The summed E-state index contributed by atoms with van der Waals surface area (Å²) in [6.45, 7) is -0.0184. The van der Waals surface area contributed by atoms with E-state index in [2.05, 4.69) is 16.0 Å². The number of amides is 3. The molecular weight excluding hydrogens is 432 g/mol. The first kappa shape index (κ1) is 22.1. The minimum absolute atomic E-state index is 0.0184. The van der Waals surface area contributed by atoms with Gasteiger partial charge in [0.1, 0.15) is 34.9 Å². The van der Waals surface area contributed by atoms with Gasteiger partial charge in [-0.3, -0.25) is 4.79 Å². The molecule has 9 heteroatoms. The van der Waals surface area contributed by atoms with Gasteiger partial charge < -0.3 is 25.4 Å². The molecule has 3 N–H and O–H groups in total. The summed E-state index contributed by atoms with van der Waals surface area (Å²) < 4.78 is 39.6. The van der Waals surface area contributed by atoms with Crippen LogP contribution in [0.5, 0.6) is 17.2 Å². The number of rotatable bonds is 6. The molecule has 3 amide bonds. The molecule has 1 aliphatic heterocycles. The van der Waals surface area contributed by atoms with Crippen molar-refractivity contribution in [1.29, 1.82) is 0 Å². The molecule has 3 aromatic rings. The third-order valence-corrected chi connectivity index (χ3v) is 5.22. The highest BCUT2D eigenvalue weighted by Crippen LogP contribution is 2.31. The monoisotopic (exact) mass is 453 g/mol. The van der Waals surface area contributed by atoms with Crippen molar-refractivity contribution in [2.24, 2.45) is 0 Å². The summed E-state index contributed by atoms with van der Waals surface area (Å²) in [6.07, 6.45) is 0. The van der Waals surface area contributed by atoms with Crippen LogP contribution >= 0.6 is 0 Å². The first-order valence-corrected chi connectivity index (χ1v) is 10.2. The maximum Gasteiger partial charge on any atom is 0.319 e. The van der Waals surface area contributed by atoms with Crippen LogP contribution in [0.4, 0.5) is 19.3 Å². The third-order valence-electron chi connectivity index (χ3n) is 5.22. The second-order valence-electron chi connectivity index (χ2n) is 7.37. The Bertz CT molecular complexity index is 1130. The number of hydrogen-bond acceptors (Lipinski definition) is 4. The molecule has 0 saturated carbocycles. The smallest absolute Gasteiger partial charge is 0.319 e. The first-order valence-electron chi connectivity index (χ1n) is 10.2. The minimum Gasteiger partial charge on any atom is -0.497 e. The van der Waals surface area contributed by atoms with E-state index in [0.717, 1.165) is 12.1 Å². The second-order valence-corrected chi connectivity index (χ2v) is 7.37. The lowest BCUT2D eigenvalue weighted by Gasteiger charge is -2.20. The van der Waals surface area contributed by atoms with Crippen molar-refractivity contribution < 1.29 is 27.8 Å². The molecule has 170 valence electrons. The van der Waals surface area contributed by atoms with Crippen LogP contribution in [0.2, 0.25) is 0 Å². The molecule has 2 atom stereocenters. The van der Waals surface area contributed by atoms with Gasteiger partial charge in [-0.25, -0.2) is 13.6 Å². The highest BCUT2D eigenvalue weighted by molar-refractivity contribution is 5.95. The summed E-state index contributed by atoms with van der Waals surface area (Å²) in [7, 11) is 1.30. The fraction of sp³-hybridized carbons (Fsp3) is 0.167. The number of urea groups is 1. The lowest BCUT2D eigenvalue weighted by molar-refractivity contribution is -0.120. The van der Waals surface area contributed by atoms with Crippen molar-refractivity contribution in [2.45, 2.75) is 12.0 Å². The summed E-state index contributed by atoms with van der Waals surface area (Å²) in [5, 5.41) is 7.65. The van der Waals surface area contributed by atoms with E-state index in [4.69, 9.17) is 9.47 Å². The van der Waals surface area contributed by atoms with E-state index in [1.54, 1.807) is 24.3 Å². The summed E-state index contributed by atoms with van der Waals surface area (Å²) in [5.41, 5.74) is 0.159. The number of carbonyl (C=O) groups is 2. The zero-order valence-electron chi connectivity index (χ0n) is 17.6. The van der Waals surface area contributed by atoms with Gasteiger partial charge in [0.15, 0.2) is 0 Å². The fourth-order valence-electron chi connectivity index (χ4n) is 3.63. The Morgan fingerprint density at radius 2 is 1.61 bits per heavy atom. The van der Waals surface area contributed by atoms with Gasteiger partial charge in [-0.2, -0.15) is 0 Å². The minimum atomic E-state index is -1.15. The maximum absolute atomic E-state index is 14.5. The van der Waals surface area contributed by atoms with Gasteiger partial charge in [-0.1, -0.05) is 18.2 Å². The predicted molar refractivity (Wildman–Crippen MR) is 118 cm³/mol. The number of methoxy groups -OCH3 is 1. The van der Waals surface area contributed by atoms with E-state index >= 15 is 0 Å². The van der Waals surface area contributed by atoms with E-state index in [0.29, 0.717) is 17.2 Å². The van der Waals surface area contributed by atoms with E-state index in [-0.39, 0.29) is 17.9 Å². The highest BCUT2D eigenvalue weighted by atomic mass is 19.1. The molecule has 0 radical (unpaired) electrons. The van der Waals surface area contributed by atoms with Gasteiger partial charge in [0.05, 0.1) is 7.11 Å². The van der Waals surface area contributed by atoms with Gasteiger partial charge in [-0.05, 0) is 36.4 Å². The fourth-order valence-corrected chi connectivity index (χ4v) is 3.63. The van der Waals surface area contributed by atoms with Crippen LogP contribution in [0, 0.1) is 11.6 Å². The van der Waals surface area contributed by atoms with Gasteiger partial charge in [0.25, 0.3) is 0 Å². The van der Waals surface area contributed by atoms with E-state index in [1.165, 1.54) is 7.11 Å². The number of carbonyl (C=O) groups excluding carboxylic acids is 2. The molecule has 7 nitrogen and oxygen atoms in total. The van der Waals surface area contributed by atoms with Crippen molar-refractivity contribution in [2.75, 3.05) is 19.0 Å². The molecule has 1 saturated heterocycles. The molecule has 0 aromatic heterocycles. The summed E-state index contributed by atoms with van der Waals surface area (Å²) in [5.74, 6) is -1.88. The van der Waals surface area contributed by atoms with Crippen LogP contribution in [-0.4, -0.2) is 31.6 Å². The Hall–Kier alpha value is -4.14. The molecule has 1 fully saturated rings. The SMILES string of the molecule is COc1cc(F)c(C2CNC(=O)C2NC(=O)Nc2ccc(Oc3ccccc3)cc2)c(F)c1. The zero-order chi connectivity index (χ0) is 23.4. The van der Waals surface area contributed by atoms with Crippen molar-refractivity contribution in [1.82, 2.24) is 10.6 Å². The van der Waals surface area contributed by atoms with E-state index < -0.39 is 35.5 Å². The van der Waals surface area contributed by atoms with Gasteiger partial charge in [-0.15, -0.1) is 0 Å². The normalized spacial score (nSPS) is 17.2. The number of halogens is 2.